The number of anilines is 1. The van der Waals surface area contributed by atoms with Crippen molar-refractivity contribution in [2.75, 3.05) is 25.0 Å². The quantitative estimate of drug-likeness (QED) is 0.790. The molecule has 0 unspecified atom stereocenters. The summed E-state index contributed by atoms with van der Waals surface area (Å²) in [6.45, 7) is 6.63. The number of carbonyl (C=O) groups excluding carboxylic acids is 1. The number of hydrogen-bond acceptors (Lipinski definition) is 5. The highest BCUT2D eigenvalue weighted by Crippen LogP contribution is 2.31. The summed E-state index contributed by atoms with van der Waals surface area (Å²) >= 11 is 0. The Labute approximate surface area is 165 Å². The molecule has 3 rings (SSSR count). The van der Waals surface area contributed by atoms with Crippen molar-refractivity contribution in [1.82, 2.24) is 4.31 Å². The molecule has 0 atom stereocenters. The number of ether oxygens (including phenoxy) is 1. The fourth-order valence-corrected chi connectivity index (χ4v) is 5.04. The molecule has 152 valence electrons. The van der Waals surface area contributed by atoms with Crippen molar-refractivity contribution in [3.8, 4) is 5.75 Å². The van der Waals surface area contributed by atoms with Crippen LogP contribution in [0.1, 0.15) is 48.1 Å². The third-order valence-electron chi connectivity index (χ3n) is 4.72. The molecular formula is C20H26N2O5S. The molecule has 0 bridgehead atoms. The summed E-state index contributed by atoms with van der Waals surface area (Å²) in [6.07, 6.45) is 2.72. The van der Waals surface area contributed by atoms with Crippen LogP contribution in [0.25, 0.3) is 0 Å². The molecule has 8 heteroatoms. The van der Waals surface area contributed by atoms with Crippen LogP contribution in [0.5, 0.6) is 5.75 Å². The maximum atomic E-state index is 13.2. The second kappa shape index (κ2) is 8.36. The van der Waals surface area contributed by atoms with Crippen LogP contribution in [-0.4, -0.2) is 38.3 Å². The van der Waals surface area contributed by atoms with E-state index in [1.807, 2.05) is 0 Å². The van der Waals surface area contributed by atoms with Gasteiger partial charge in [0.2, 0.25) is 10.0 Å². The number of nitrogens with zero attached hydrogens (tertiary/aromatic N) is 1. The molecule has 1 fully saturated rings. The fraction of sp³-hybridized carbons (Fsp3) is 0.450. The van der Waals surface area contributed by atoms with Gasteiger partial charge in [0.05, 0.1) is 12.2 Å². The number of piperidine rings is 1. The van der Waals surface area contributed by atoms with Crippen molar-refractivity contribution in [1.29, 1.82) is 0 Å². The molecule has 2 heterocycles. The number of benzene rings is 1. The van der Waals surface area contributed by atoms with E-state index in [9.17, 15) is 13.2 Å². The van der Waals surface area contributed by atoms with E-state index in [0.717, 1.165) is 19.3 Å². The molecule has 1 aromatic heterocycles. The first-order chi connectivity index (χ1) is 13.3. The zero-order valence-corrected chi connectivity index (χ0v) is 17.3. The largest absolute Gasteiger partial charge is 0.492 e. The van der Waals surface area contributed by atoms with Gasteiger partial charge in [-0.1, -0.05) is 6.42 Å². The number of carbonyl (C=O) groups is 1. The molecule has 1 amide bonds. The van der Waals surface area contributed by atoms with Crippen LogP contribution in [0.2, 0.25) is 0 Å². The van der Waals surface area contributed by atoms with Crippen molar-refractivity contribution in [3.05, 3.63) is 41.3 Å². The number of aryl methyl sites for hydroxylation is 2. The monoisotopic (exact) mass is 406 g/mol. The average molecular weight is 407 g/mol. The molecule has 1 N–H and O–H groups in total. The second-order valence-electron chi connectivity index (χ2n) is 6.84. The Hall–Kier alpha value is -2.32. The second-order valence-corrected chi connectivity index (χ2v) is 8.75. The van der Waals surface area contributed by atoms with Crippen LogP contribution in [0.4, 0.5) is 5.69 Å². The Balaban J connectivity index is 1.93. The predicted molar refractivity (Wildman–Crippen MR) is 106 cm³/mol. The minimum absolute atomic E-state index is 0.0779. The number of furan rings is 1. The SMILES string of the molecule is CCOc1ccc(NC(=O)c2cc(C)oc2C)cc1S(=O)(=O)N1CCCCC1. The predicted octanol–water partition coefficient (Wildman–Crippen LogP) is 3.72. The molecule has 7 nitrogen and oxygen atoms in total. The number of rotatable bonds is 6. The van der Waals surface area contributed by atoms with Gasteiger partial charge in [-0.2, -0.15) is 4.31 Å². The lowest BCUT2D eigenvalue weighted by atomic mass is 10.2. The molecule has 2 aromatic rings. The lowest BCUT2D eigenvalue weighted by Crippen LogP contribution is -2.35. The summed E-state index contributed by atoms with van der Waals surface area (Å²) in [4.78, 5) is 12.6. The molecule has 0 spiro atoms. The lowest BCUT2D eigenvalue weighted by molar-refractivity contribution is 0.102. The fourth-order valence-electron chi connectivity index (χ4n) is 3.36. The molecule has 0 radical (unpaired) electrons. The first kappa shape index (κ1) is 20.4. The minimum atomic E-state index is -3.70. The summed E-state index contributed by atoms with van der Waals surface area (Å²) in [5.41, 5.74) is 0.814. The van der Waals surface area contributed by atoms with E-state index in [2.05, 4.69) is 5.32 Å². The highest BCUT2D eigenvalue weighted by atomic mass is 32.2. The van der Waals surface area contributed by atoms with Gasteiger partial charge in [0.1, 0.15) is 22.2 Å². The topological polar surface area (TPSA) is 88.8 Å². The van der Waals surface area contributed by atoms with Gasteiger partial charge in [-0.3, -0.25) is 4.79 Å². The Morgan fingerprint density at radius 2 is 1.89 bits per heavy atom. The van der Waals surface area contributed by atoms with Gasteiger partial charge in [0.15, 0.2) is 0 Å². The van der Waals surface area contributed by atoms with E-state index in [1.54, 1.807) is 39.0 Å². The van der Waals surface area contributed by atoms with Crippen LogP contribution in [0, 0.1) is 13.8 Å². The first-order valence-corrected chi connectivity index (χ1v) is 10.9. The van der Waals surface area contributed by atoms with Crippen LogP contribution >= 0.6 is 0 Å². The maximum Gasteiger partial charge on any atom is 0.259 e. The van der Waals surface area contributed by atoms with E-state index in [0.29, 0.717) is 48.2 Å². The minimum Gasteiger partial charge on any atom is -0.492 e. The van der Waals surface area contributed by atoms with Crippen LogP contribution < -0.4 is 10.1 Å². The smallest absolute Gasteiger partial charge is 0.259 e. The molecule has 1 aliphatic heterocycles. The molecular weight excluding hydrogens is 380 g/mol. The van der Waals surface area contributed by atoms with Crippen LogP contribution in [-0.2, 0) is 10.0 Å². The van der Waals surface area contributed by atoms with Crippen molar-refractivity contribution in [2.24, 2.45) is 0 Å². The number of amides is 1. The van der Waals surface area contributed by atoms with Crippen LogP contribution in [0.3, 0.4) is 0 Å². The van der Waals surface area contributed by atoms with E-state index in [1.165, 1.54) is 10.4 Å². The van der Waals surface area contributed by atoms with E-state index < -0.39 is 10.0 Å². The average Bonchev–Trinajstić information content (AvgIpc) is 3.02. The highest BCUT2D eigenvalue weighted by molar-refractivity contribution is 7.89. The van der Waals surface area contributed by atoms with Gasteiger partial charge in [-0.15, -0.1) is 0 Å². The zero-order chi connectivity index (χ0) is 20.3. The van der Waals surface area contributed by atoms with E-state index in [-0.39, 0.29) is 10.8 Å². The van der Waals surface area contributed by atoms with Gasteiger partial charge < -0.3 is 14.5 Å². The highest BCUT2D eigenvalue weighted by Gasteiger charge is 2.29. The van der Waals surface area contributed by atoms with Gasteiger partial charge >= 0.3 is 0 Å². The van der Waals surface area contributed by atoms with Crippen molar-refractivity contribution in [3.63, 3.8) is 0 Å². The summed E-state index contributed by atoms with van der Waals surface area (Å²) < 4.78 is 38.8. The van der Waals surface area contributed by atoms with Crippen molar-refractivity contribution < 1.29 is 22.4 Å². The standard InChI is InChI=1S/C20H26N2O5S/c1-4-26-18-9-8-16(21-20(23)17-12-14(2)27-15(17)3)13-19(18)28(24,25)22-10-6-5-7-11-22/h8-9,12-13H,4-7,10-11H2,1-3H3,(H,21,23). The van der Waals surface area contributed by atoms with E-state index >= 15 is 0 Å². The Bertz CT molecular complexity index is 959. The summed E-state index contributed by atoms with van der Waals surface area (Å²) in [7, 11) is -3.70. The molecule has 28 heavy (non-hydrogen) atoms. The number of sulfonamides is 1. The Kier molecular flexibility index (Phi) is 6.10. The van der Waals surface area contributed by atoms with Gasteiger partial charge in [-0.25, -0.2) is 8.42 Å². The summed E-state index contributed by atoms with van der Waals surface area (Å²) in [5.74, 6) is 1.10. The first-order valence-electron chi connectivity index (χ1n) is 9.48. The summed E-state index contributed by atoms with van der Waals surface area (Å²) in [5, 5.41) is 2.76. The van der Waals surface area contributed by atoms with Gasteiger partial charge in [0, 0.05) is 18.8 Å². The third kappa shape index (κ3) is 4.23. The normalized spacial score (nSPS) is 15.4. The summed E-state index contributed by atoms with van der Waals surface area (Å²) in [6, 6.07) is 6.35. The van der Waals surface area contributed by atoms with E-state index in [4.69, 9.17) is 9.15 Å². The molecule has 1 aromatic carbocycles. The van der Waals surface area contributed by atoms with Gasteiger partial charge in [-0.05, 0) is 57.9 Å². The van der Waals surface area contributed by atoms with Crippen molar-refractivity contribution >= 4 is 21.6 Å². The number of nitrogens with one attached hydrogen (secondary N) is 1. The third-order valence-corrected chi connectivity index (χ3v) is 6.64. The molecule has 1 aliphatic rings. The Morgan fingerprint density at radius 3 is 2.50 bits per heavy atom. The maximum absolute atomic E-state index is 13.2. The molecule has 0 aliphatic carbocycles. The lowest BCUT2D eigenvalue weighted by Gasteiger charge is -2.27. The Morgan fingerprint density at radius 1 is 1.18 bits per heavy atom. The van der Waals surface area contributed by atoms with Crippen LogP contribution in [0.15, 0.2) is 33.6 Å². The zero-order valence-electron chi connectivity index (χ0n) is 16.4. The van der Waals surface area contributed by atoms with Gasteiger partial charge in [0.25, 0.3) is 5.91 Å². The molecule has 1 saturated heterocycles. The van der Waals surface area contributed by atoms with Crippen molar-refractivity contribution in [2.45, 2.75) is 44.9 Å². The number of hydrogen-bond donors (Lipinski definition) is 1. The molecule has 0 saturated carbocycles.